The Balaban J connectivity index is 1.54. The molecule has 2 aromatic rings. The SMILES string of the molecule is CC(=O)NC1CCN(c2cc(NCC(O)c3ccccc3)ncn2)CC1. The van der Waals surface area contributed by atoms with Gasteiger partial charge in [-0.3, -0.25) is 4.79 Å². The molecule has 2 heterocycles. The second-order valence-corrected chi connectivity index (χ2v) is 6.53. The first kappa shape index (κ1) is 18.1. The lowest BCUT2D eigenvalue weighted by molar-refractivity contribution is -0.119. The van der Waals surface area contributed by atoms with E-state index < -0.39 is 6.10 Å². The number of aromatic nitrogens is 2. The van der Waals surface area contributed by atoms with Crippen LogP contribution in [0.2, 0.25) is 0 Å². The quantitative estimate of drug-likeness (QED) is 0.731. The second-order valence-electron chi connectivity index (χ2n) is 6.53. The molecule has 7 nitrogen and oxygen atoms in total. The van der Waals surface area contributed by atoms with Gasteiger partial charge in [-0.15, -0.1) is 0 Å². The highest BCUT2D eigenvalue weighted by molar-refractivity contribution is 5.73. The number of carbonyl (C=O) groups excluding carboxylic acids is 1. The summed E-state index contributed by atoms with van der Waals surface area (Å²) in [5.41, 5.74) is 0.870. The molecule has 26 heavy (non-hydrogen) atoms. The van der Waals surface area contributed by atoms with Crippen LogP contribution in [0.4, 0.5) is 11.6 Å². The van der Waals surface area contributed by atoms with Gasteiger partial charge in [-0.25, -0.2) is 9.97 Å². The van der Waals surface area contributed by atoms with Gasteiger partial charge in [-0.1, -0.05) is 30.3 Å². The molecule has 0 aliphatic carbocycles. The van der Waals surface area contributed by atoms with Crippen LogP contribution in [0.15, 0.2) is 42.7 Å². The smallest absolute Gasteiger partial charge is 0.217 e. The summed E-state index contributed by atoms with van der Waals surface area (Å²) in [4.78, 5) is 22.0. The van der Waals surface area contributed by atoms with Crippen LogP contribution < -0.4 is 15.5 Å². The monoisotopic (exact) mass is 355 g/mol. The number of aliphatic hydroxyl groups excluding tert-OH is 1. The number of rotatable bonds is 6. The van der Waals surface area contributed by atoms with E-state index in [-0.39, 0.29) is 11.9 Å². The van der Waals surface area contributed by atoms with Gasteiger partial charge in [-0.05, 0) is 18.4 Å². The summed E-state index contributed by atoms with van der Waals surface area (Å²) in [6, 6.07) is 11.7. The zero-order valence-electron chi connectivity index (χ0n) is 14.9. The highest BCUT2D eigenvalue weighted by Gasteiger charge is 2.21. The van der Waals surface area contributed by atoms with Crippen molar-refractivity contribution in [2.75, 3.05) is 29.9 Å². The molecule has 1 aliphatic heterocycles. The van der Waals surface area contributed by atoms with Gasteiger partial charge in [0, 0.05) is 38.7 Å². The number of carbonyl (C=O) groups is 1. The van der Waals surface area contributed by atoms with Gasteiger partial charge in [-0.2, -0.15) is 0 Å². The third-order valence-corrected chi connectivity index (χ3v) is 4.54. The van der Waals surface area contributed by atoms with Crippen LogP contribution in [0.25, 0.3) is 0 Å². The first-order valence-electron chi connectivity index (χ1n) is 8.93. The summed E-state index contributed by atoms with van der Waals surface area (Å²) in [5, 5.41) is 16.4. The van der Waals surface area contributed by atoms with Gasteiger partial charge in [0.25, 0.3) is 0 Å². The Labute approximate surface area is 153 Å². The summed E-state index contributed by atoms with van der Waals surface area (Å²) >= 11 is 0. The van der Waals surface area contributed by atoms with Crippen molar-refractivity contribution in [1.29, 1.82) is 0 Å². The number of piperidine rings is 1. The normalized spacial score (nSPS) is 16.2. The summed E-state index contributed by atoms with van der Waals surface area (Å²) in [7, 11) is 0. The highest BCUT2D eigenvalue weighted by Crippen LogP contribution is 2.20. The lowest BCUT2D eigenvalue weighted by atomic mass is 10.1. The molecule has 1 amide bonds. The molecule has 1 unspecified atom stereocenters. The van der Waals surface area contributed by atoms with E-state index in [9.17, 15) is 9.90 Å². The Kier molecular flexibility index (Phi) is 6.01. The predicted molar refractivity (Wildman–Crippen MR) is 101 cm³/mol. The number of aliphatic hydroxyl groups is 1. The molecule has 1 saturated heterocycles. The molecule has 3 rings (SSSR count). The molecule has 0 bridgehead atoms. The minimum atomic E-state index is -0.594. The minimum Gasteiger partial charge on any atom is -0.387 e. The van der Waals surface area contributed by atoms with Gasteiger partial charge >= 0.3 is 0 Å². The number of hydrogen-bond acceptors (Lipinski definition) is 6. The zero-order valence-corrected chi connectivity index (χ0v) is 14.9. The van der Waals surface area contributed by atoms with Crippen LogP contribution >= 0.6 is 0 Å². The second kappa shape index (κ2) is 8.62. The first-order chi connectivity index (χ1) is 12.6. The first-order valence-corrected chi connectivity index (χ1v) is 8.93. The van der Waals surface area contributed by atoms with Crippen molar-refractivity contribution >= 4 is 17.5 Å². The topological polar surface area (TPSA) is 90.4 Å². The average Bonchev–Trinajstić information content (AvgIpc) is 2.67. The van der Waals surface area contributed by atoms with E-state index in [0.717, 1.165) is 37.3 Å². The number of benzene rings is 1. The zero-order chi connectivity index (χ0) is 18.4. The molecule has 1 fully saturated rings. The number of nitrogens with zero attached hydrogens (tertiary/aromatic N) is 3. The summed E-state index contributed by atoms with van der Waals surface area (Å²) in [6.45, 7) is 3.62. The van der Waals surface area contributed by atoms with Crippen molar-refractivity contribution < 1.29 is 9.90 Å². The molecular formula is C19H25N5O2. The summed E-state index contributed by atoms with van der Waals surface area (Å²) < 4.78 is 0. The highest BCUT2D eigenvalue weighted by atomic mass is 16.3. The van der Waals surface area contributed by atoms with E-state index in [1.54, 1.807) is 6.92 Å². The lowest BCUT2D eigenvalue weighted by Crippen LogP contribution is -2.44. The van der Waals surface area contributed by atoms with Crippen molar-refractivity contribution in [1.82, 2.24) is 15.3 Å². The molecule has 3 N–H and O–H groups in total. The number of amides is 1. The number of hydrogen-bond donors (Lipinski definition) is 3. The molecule has 7 heteroatoms. The molecule has 138 valence electrons. The van der Waals surface area contributed by atoms with Crippen molar-refractivity contribution in [2.45, 2.75) is 31.9 Å². The fourth-order valence-electron chi connectivity index (χ4n) is 3.15. The predicted octanol–water partition coefficient (Wildman–Crippen LogP) is 1.73. The van der Waals surface area contributed by atoms with Crippen molar-refractivity contribution in [2.24, 2.45) is 0 Å². The van der Waals surface area contributed by atoms with Crippen LogP contribution in [0.1, 0.15) is 31.4 Å². The minimum absolute atomic E-state index is 0.0222. The molecule has 1 aliphatic rings. The maximum Gasteiger partial charge on any atom is 0.217 e. The Morgan fingerprint density at radius 3 is 2.69 bits per heavy atom. The van der Waals surface area contributed by atoms with Crippen molar-refractivity contribution in [3.8, 4) is 0 Å². The van der Waals surface area contributed by atoms with E-state index in [4.69, 9.17) is 0 Å². The van der Waals surface area contributed by atoms with E-state index >= 15 is 0 Å². The molecule has 0 spiro atoms. The Morgan fingerprint density at radius 2 is 2.00 bits per heavy atom. The summed E-state index contributed by atoms with van der Waals surface area (Å²) in [5.74, 6) is 1.57. The molecule has 1 atom stereocenters. The number of anilines is 2. The van der Waals surface area contributed by atoms with E-state index in [2.05, 4.69) is 25.5 Å². The van der Waals surface area contributed by atoms with E-state index in [1.807, 2.05) is 36.4 Å². The molecular weight excluding hydrogens is 330 g/mol. The lowest BCUT2D eigenvalue weighted by Gasteiger charge is -2.33. The molecule has 1 aromatic carbocycles. The molecule has 0 radical (unpaired) electrons. The van der Waals surface area contributed by atoms with Crippen molar-refractivity contribution in [3.63, 3.8) is 0 Å². The van der Waals surface area contributed by atoms with Crippen LogP contribution in [-0.4, -0.2) is 46.7 Å². The molecule has 0 saturated carbocycles. The van der Waals surface area contributed by atoms with Gasteiger partial charge in [0.1, 0.15) is 18.0 Å². The average molecular weight is 355 g/mol. The Morgan fingerprint density at radius 1 is 1.27 bits per heavy atom. The third kappa shape index (κ3) is 4.92. The van der Waals surface area contributed by atoms with Crippen LogP contribution in [0.5, 0.6) is 0 Å². The van der Waals surface area contributed by atoms with E-state index in [1.165, 1.54) is 6.33 Å². The number of nitrogens with one attached hydrogen (secondary N) is 2. The van der Waals surface area contributed by atoms with Crippen LogP contribution in [0.3, 0.4) is 0 Å². The van der Waals surface area contributed by atoms with Gasteiger partial charge in [0.2, 0.25) is 5.91 Å². The Hall–Kier alpha value is -2.67. The third-order valence-electron chi connectivity index (χ3n) is 4.54. The molecule has 1 aromatic heterocycles. The van der Waals surface area contributed by atoms with E-state index in [0.29, 0.717) is 12.4 Å². The fourth-order valence-corrected chi connectivity index (χ4v) is 3.15. The maximum absolute atomic E-state index is 11.2. The van der Waals surface area contributed by atoms with Gasteiger partial charge in [0.15, 0.2) is 0 Å². The fraction of sp³-hybridized carbons (Fsp3) is 0.421. The van der Waals surface area contributed by atoms with Crippen LogP contribution in [0, 0.1) is 0 Å². The van der Waals surface area contributed by atoms with Crippen molar-refractivity contribution in [3.05, 3.63) is 48.3 Å². The summed E-state index contributed by atoms with van der Waals surface area (Å²) in [6.07, 6.45) is 2.74. The van der Waals surface area contributed by atoms with Gasteiger partial charge in [0.05, 0.1) is 6.10 Å². The van der Waals surface area contributed by atoms with Gasteiger partial charge < -0.3 is 20.6 Å². The van der Waals surface area contributed by atoms with Crippen LogP contribution in [-0.2, 0) is 4.79 Å². The maximum atomic E-state index is 11.2. The largest absolute Gasteiger partial charge is 0.387 e. The Bertz CT molecular complexity index is 717. The standard InChI is InChI=1S/C19H25N5O2/c1-14(25)23-16-7-9-24(10-8-16)19-11-18(21-13-22-19)20-12-17(26)15-5-3-2-4-6-15/h2-6,11,13,16-17,26H,7-10,12H2,1H3,(H,23,25)(H,20,21,22).